The lowest BCUT2D eigenvalue weighted by molar-refractivity contribution is -0.138. The number of nitrogens with zero attached hydrogens (tertiary/aromatic N) is 1. The molecule has 0 radical (unpaired) electrons. The molecule has 0 bridgehead atoms. The van der Waals surface area contributed by atoms with Gasteiger partial charge in [-0.1, -0.05) is 12.8 Å². The first-order valence-electron chi connectivity index (χ1n) is 5.91. The van der Waals surface area contributed by atoms with E-state index >= 15 is 0 Å². The molecule has 2 rings (SSSR count). The van der Waals surface area contributed by atoms with Gasteiger partial charge in [0.15, 0.2) is 0 Å². The van der Waals surface area contributed by atoms with Crippen LogP contribution in [0.5, 0.6) is 0 Å². The van der Waals surface area contributed by atoms with Crippen LogP contribution in [0, 0.1) is 0 Å². The maximum Gasteiger partial charge on any atom is 0.313 e. The summed E-state index contributed by atoms with van der Waals surface area (Å²) in [5.74, 6) is -1.24. The van der Waals surface area contributed by atoms with Crippen molar-refractivity contribution in [3.63, 3.8) is 0 Å². The van der Waals surface area contributed by atoms with Crippen molar-refractivity contribution in [1.29, 1.82) is 0 Å². The minimum atomic E-state index is -0.984. The third-order valence-electron chi connectivity index (χ3n) is 3.42. The van der Waals surface area contributed by atoms with Gasteiger partial charge in [-0.05, 0) is 25.7 Å². The smallest absolute Gasteiger partial charge is 0.313 e. The van der Waals surface area contributed by atoms with Crippen LogP contribution in [-0.4, -0.2) is 21.0 Å². The fourth-order valence-electron chi connectivity index (χ4n) is 2.28. The molecule has 0 spiro atoms. The first-order valence-corrected chi connectivity index (χ1v) is 5.91. The number of carboxylic acid groups (broad SMARTS) is 1. The van der Waals surface area contributed by atoms with Gasteiger partial charge in [-0.2, -0.15) is 0 Å². The molecule has 1 fully saturated rings. The Hall–Kier alpha value is -1.65. The number of aromatic nitrogens is 2. The Balaban J connectivity index is 2.28. The van der Waals surface area contributed by atoms with E-state index in [0.717, 1.165) is 25.7 Å². The quantitative estimate of drug-likeness (QED) is 0.835. The summed E-state index contributed by atoms with van der Waals surface area (Å²) in [5.41, 5.74) is 0.513. The molecule has 17 heavy (non-hydrogen) atoms. The van der Waals surface area contributed by atoms with Crippen molar-refractivity contribution in [3.8, 4) is 0 Å². The van der Waals surface area contributed by atoms with E-state index < -0.39 is 11.9 Å². The fraction of sp³-hybridized carbons (Fsp3) is 0.583. The second-order valence-electron chi connectivity index (χ2n) is 4.59. The second kappa shape index (κ2) is 4.69. The number of aromatic amines is 1. The van der Waals surface area contributed by atoms with E-state index in [-0.39, 0.29) is 11.4 Å². The van der Waals surface area contributed by atoms with E-state index in [2.05, 4.69) is 9.97 Å². The predicted molar refractivity (Wildman–Crippen MR) is 62.1 cm³/mol. The highest BCUT2D eigenvalue weighted by Gasteiger charge is 2.22. The molecule has 1 saturated carbocycles. The maximum absolute atomic E-state index is 11.9. The number of hydrogen-bond acceptors (Lipinski definition) is 3. The zero-order valence-corrected chi connectivity index (χ0v) is 9.77. The Morgan fingerprint density at radius 2 is 2.18 bits per heavy atom. The molecule has 1 aliphatic rings. The van der Waals surface area contributed by atoms with Crippen molar-refractivity contribution in [1.82, 2.24) is 9.97 Å². The molecule has 0 saturated heterocycles. The van der Waals surface area contributed by atoms with Gasteiger partial charge in [0.2, 0.25) is 0 Å². The summed E-state index contributed by atoms with van der Waals surface area (Å²) >= 11 is 0. The van der Waals surface area contributed by atoms with Gasteiger partial charge in [0, 0.05) is 11.8 Å². The number of rotatable bonds is 3. The maximum atomic E-state index is 11.9. The number of H-pyrrole nitrogens is 1. The Morgan fingerprint density at radius 3 is 2.71 bits per heavy atom. The van der Waals surface area contributed by atoms with Crippen LogP contribution in [0.4, 0.5) is 0 Å². The van der Waals surface area contributed by atoms with Crippen LogP contribution in [0.25, 0.3) is 0 Å². The lowest BCUT2D eigenvalue weighted by Gasteiger charge is -2.10. The standard InChI is InChI=1S/C12H16N2O3/c1-7(12(16)17)10-13-6-9(11(15)14-10)8-4-2-3-5-8/h6-8H,2-5H2,1H3,(H,16,17)(H,13,14,15). The third-order valence-corrected chi connectivity index (χ3v) is 3.42. The van der Waals surface area contributed by atoms with Crippen molar-refractivity contribution in [2.75, 3.05) is 0 Å². The minimum Gasteiger partial charge on any atom is -0.481 e. The third kappa shape index (κ3) is 2.38. The molecule has 0 aromatic carbocycles. The number of carboxylic acids is 1. The van der Waals surface area contributed by atoms with Crippen LogP contribution < -0.4 is 5.56 Å². The van der Waals surface area contributed by atoms with E-state index in [4.69, 9.17) is 5.11 Å². The van der Waals surface area contributed by atoms with Gasteiger partial charge < -0.3 is 10.1 Å². The van der Waals surface area contributed by atoms with Crippen molar-refractivity contribution in [2.45, 2.75) is 44.4 Å². The summed E-state index contributed by atoms with van der Waals surface area (Å²) in [5, 5.41) is 8.85. The summed E-state index contributed by atoms with van der Waals surface area (Å²) in [7, 11) is 0. The summed E-state index contributed by atoms with van der Waals surface area (Å²) in [6.07, 6.45) is 5.90. The molecule has 92 valence electrons. The molecule has 1 aromatic heterocycles. The zero-order chi connectivity index (χ0) is 12.4. The van der Waals surface area contributed by atoms with E-state index in [1.54, 1.807) is 6.20 Å². The van der Waals surface area contributed by atoms with Crippen LogP contribution in [-0.2, 0) is 4.79 Å². The summed E-state index contributed by atoms with van der Waals surface area (Å²) < 4.78 is 0. The molecular formula is C12H16N2O3. The normalized spacial score (nSPS) is 18.2. The van der Waals surface area contributed by atoms with Gasteiger partial charge in [0.25, 0.3) is 5.56 Å². The number of carbonyl (C=O) groups is 1. The van der Waals surface area contributed by atoms with Crippen LogP contribution in [0.15, 0.2) is 11.0 Å². The first kappa shape index (κ1) is 11.8. The number of hydrogen-bond donors (Lipinski definition) is 2. The van der Waals surface area contributed by atoms with Crippen molar-refractivity contribution in [2.24, 2.45) is 0 Å². The molecule has 1 aliphatic carbocycles. The molecule has 5 nitrogen and oxygen atoms in total. The van der Waals surface area contributed by atoms with E-state index in [1.165, 1.54) is 6.92 Å². The summed E-state index contributed by atoms with van der Waals surface area (Å²) in [4.78, 5) is 29.3. The molecule has 0 amide bonds. The molecule has 1 aromatic rings. The summed E-state index contributed by atoms with van der Waals surface area (Å²) in [6, 6.07) is 0. The van der Waals surface area contributed by atoms with Gasteiger partial charge >= 0.3 is 5.97 Å². The van der Waals surface area contributed by atoms with Crippen molar-refractivity contribution in [3.05, 3.63) is 27.9 Å². The van der Waals surface area contributed by atoms with Gasteiger partial charge in [0.1, 0.15) is 11.7 Å². The predicted octanol–water partition coefficient (Wildman–Crippen LogP) is 1.62. The highest BCUT2D eigenvalue weighted by atomic mass is 16.4. The van der Waals surface area contributed by atoms with Crippen LogP contribution >= 0.6 is 0 Å². The largest absolute Gasteiger partial charge is 0.481 e. The van der Waals surface area contributed by atoms with Crippen molar-refractivity contribution < 1.29 is 9.90 Å². The van der Waals surface area contributed by atoms with Crippen LogP contribution in [0.3, 0.4) is 0 Å². The monoisotopic (exact) mass is 236 g/mol. The first-order chi connectivity index (χ1) is 8.09. The lowest BCUT2D eigenvalue weighted by Crippen LogP contribution is -2.21. The molecule has 1 unspecified atom stereocenters. The Kier molecular flexibility index (Phi) is 3.26. The Morgan fingerprint density at radius 1 is 1.53 bits per heavy atom. The Labute approximate surface area is 98.9 Å². The van der Waals surface area contributed by atoms with Crippen LogP contribution in [0.1, 0.15) is 55.8 Å². The molecule has 5 heteroatoms. The topological polar surface area (TPSA) is 83.0 Å². The van der Waals surface area contributed by atoms with E-state index in [0.29, 0.717) is 11.5 Å². The minimum absolute atomic E-state index is 0.185. The zero-order valence-electron chi connectivity index (χ0n) is 9.77. The van der Waals surface area contributed by atoms with Gasteiger partial charge in [-0.25, -0.2) is 4.98 Å². The highest BCUT2D eigenvalue weighted by Crippen LogP contribution is 2.31. The highest BCUT2D eigenvalue weighted by molar-refractivity contribution is 5.74. The molecule has 1 atom stereocenters. The molecule has 2 N–H and O–H groups in total. The second-order valence-corrected chi connectivity index (χ2v) is 4.59. The van der Waals surface area contributed by atoms with Crippen molar-refractivity contribution >= 4 is 5.97 Å². The molecule has 1 heterocycles. The molecule has 0 aliphatic heterocycles. The van der Waals surface area contributed by atoms with Gasteiger partial charge in [-0.15, -0.1) is 0 Å². The number of aliphatic carboxylic acids is 1. The number of nitrogens with one attached hydrogen (secondary N) is 1. The SMILES string of the molecule is CC(C(=O)O)c1ncc(C2CCCC2)c(=O)[nH]1. The van der Waals surface area contributed by atoms with Gasteiger partial charge in [0.05, 0.1) is 0 Å². The lowest BCUT2D eigenvalue weighted by atomic mass is 10.0. The fourth-order valence-corrected chi connectivity index (χ4v) is 2.28. The van der Waals surface area contributed by atoms with Gasteiger partial charge in [-0.3, -0.25) is 9.59 Å². The average Bonchev–Trinajstić information content (AvgIpc) is 2.81. The summed E-state index contributed by atoms with van der Waals surface area (Å²) in [6.45, 7) is 1.51. The van der Waals surface area contributed by atoms with Crippen LogP contribution in [0.2, 0.25) is 0 Å². The van der Waals surface area contributed by atoms with E-state index in [9.17, 15) is 9.59 Å². The average molecular weight is 236 g/mol. The Bertz CT molecular complexity index is 475. The molecular weight excluding hydrogens is 220 g/mol. The van der Waals surface area contributed by atoms with E-state index in [1.807, 2.05) is 0 Å².